The highest BCUT2D eigenvalue weighted by molar-refractivity contribution is 6.04. The van der Waals surface area contributed by atoms with Gasteiger partial charge in [-0.3, -0.25) is 9.78 Å². The number of hydrogen-bond donors (Lipinski definition) is 0. The molecule has 27 heavy (non-hydrogen) atoms. The van der Waals surface area contributed by atoms with E-state index < -0.39 is 0 Å². The van der Waals surface area contributed by atoms with Crippen molar-refractivity contribution in [3.63, 3.8) is 0 Å². The van der Waals surface area contributed by atoms with E-state index in [4.69, 9.17) is 4.42 Å². The average Bonchev–Trinajstić information content (AvgIpc) is 3.24. The van der Waals surface area contributed by atoms with Crippen LogP contribution in [-0.2, 0) is 4.79 Å². The van der Waals surface area contributed by atoms with Crippen molar-refractivity contribution in [1.82, 2.24) is 9.97 Å². The van der Waals surface area contributed by atoms with Gasteiger partial charge in [-0.1, -0.05) is 42.5 Å². The van der Waals surface area contributed by atoms with Crippen LogP contribution in [0.4, 0.5) is 0 Å². The third-order valence-corrected chi connectivity index (χ3v) is 4.05. The second-order valence-electron chi connectivity index (χ2n) is 5.95. The maximum Gasteiger partial charge on any atom is 0.178 e. The Labute approximate surface area is 156 Å². The van der Waals surface area contributed by atoms with Gasteiger partial charge in [-0.15, -0.1) is 0 Å². The molecule has 0 spiro atoms. The first-order valence-corrected chi connectivity index (χ1v) is 8.54. The molecule has 0 aliphatic heterocycles. The number of rotatable bonds is 5. The van der Waals surface area contributed by atoms with E-state index in [9.17, 15) is 4.79 Å². The number of para-hydroxylation sites is 2. The molecule has 0 saturated heterocycles. The summed E-state index contributed by atoms with van der Waals surface area (Å²) in [6, 6.07) is 19.2. The van der Waals surface area contributed by atoms with Crippen molar-refractivity contribution < 1.29 is 9.21 Å². The van der Waals surface area contributed by atoms with Crippen molar-refractivity contribution in [3.05, 3.63) is 96.6 Å². The van der Waals surface area contributed by atoms with Crippen molar-refractivity contribution >= 4 is 29.0 Å². The monoisotopic (exact) mass is 352 g/mol. The molecule has 0 fully saturated rings. The smallest absolute Gasteiger partial charge is 0.178 e. The molecule has 0 bridgehead atoms. The Hall–Kier alpha value is -3.79. The van der Waals surface area contributed by atoms with Gasteiger partial charge in [0.25, 0.3) is 0 Å². The largest absolute Gasteiger partial charge is 0.465 e. The topological polar surface area (TPSA) is 56.0 Å². The lowest BCUT2D eigenvalue weighted by Gasteiger charge is -2.03. The Balaban J connectivity index is 1.47. The zero-order valence-corrected chi connectivity index (χ0v) is 14.4. The van der Waals surface area contributed by atoms with Gasteiger partial charge in [-0.25, -0.2) is 4.98 Å². The Morgan fingerprint density at radius 2 is 1.63 bits per heavy atom. The third kappa shape index (κ3) is 4.07. The molecule has 0 unspecified atom stereocenters. The van der Waals surface area contributed by atoms with E-state index in [0.29, 0.717) is 5.76 Å². The van der Waals surface area contributed by atoms with E-state index in [1.165, 1.54) is 12.2 Å². The second-order valence-corrected chi connectivity index (χ2v) is 5.95. The normalized spacial score (nSPS) is 11.6. The van der Waals surface area contributed by atoms with Crippen LogP contribution in [0.2, 0.25) is 0 Å². The van der Waals surface area contributed by atoms with Crippen LogP contribution in [0.15, 0.2) is 89.7 Å². The van der Waals surface area contributed by atoms with Crippen molar-refractivity contribution in [2.45, 2.75) is 0 Å². The molecule has 4 aromatic rings. The van der Waals surface area contributed by atoms with Crippen LogP contribution in [0.25, 0.3) is 34.4 Å². The summed E-state index contributed by atoms with van der Waals surface area (Å²) in [5.41, 5.74) is 4.48. The predicted molar refractivity (Wildman–Crippen MR) is 107 cm³/mol. The molecule has 4 nitrogen and oxygen atoms in total. The molecule has 0 amide bonds. The number of aromatic nitrogens is 2. The number of ketones is 1. The first-order valence-electron chi connectivity index (χ1n) is 8.54. The van der Waals surface area contributed by atoms with E-state index in [2.05, 4.69) is 9.97 Å². The number of hydrogen-bond acceptors (Lipinski definition) is 4. The highest BCUT2D eigenvalue weighted by Crippen LogP contribution is 2.20. The number of nitrogens with zero attached hydrogens (tertiary/aromatic N) is 2. The summed E-state index contributed by atoms with van der Waals surface area (Å²) >= 11 is 0. The van der Waals surface area contributed by atoms with E-state index in [1.807, 2.05) is 48.5 Å². The summed E-state index contributed by atoms with van der Waals surface area (Å²) in [5, 5.41) is 0. The molecule has 0 atom stereocenters. The van der Waals surface area contributed by atoms with Crippen LogP contribution in [0.1, 0.15) is 11.3 Å². The number of allylic oxidation sites excluding steroid dienone is 2. The van der Waals surface area contributed by atoms with Gasteiger partial charge in [0.15, 0.2) is 5.78 Å². The molecule has 4 rings (SSSR count). The molecule has 2 aromatic carbocycles. The van der Waals surface area contributed by atoms with Gasteiger partial charge >= 0.3 is 0 Å². The highest BCUT2D eigenvalue weighted by Gasteiger charge is 2.02. The zero-order chi connectivity index (χ0) is 18.5. The quantitative estimate of drug-likeness (QED) is 0.464. The Kier molecular flexibility index (Phi) is 4.70. The lowest BCUT2D eigenvalue weighted by Crippen LogP contribution is -1.88. The molecule has 130 valence electrons. The standard InChI is InChI=1S/C23H16N2O2/c26-19(13-14-20-4-3-15-27-20)12-9-17-7-10-18(11-8-17)23-16-24-21-5-1-2-6-22(21)25-23/h1-16H. The summed E-state index contributed by atoms with van der Waals surface area (Å²) in [6.45, 7) is 0. The minimum atomic E-state index is -0.101. The van der Waals surface area contributed by atoms with Gasteiger partial charge in [-0.2, -0.15) is 0 Å². The van der Waals surface area contributed by atoms with Gasteiger partial charge in [0.05, 0.1) is 29.2 Å². The lowest BCUT2D eigenvalue weighted by molar-refractivity contribution is -0.110. The lowest BCUT2D eigenvalue weighted by atomic mass is 10.1. The average molecular weight is 352 g/mol. The van der Waals surface area contributed by atoms with Crippen LogP contribution >= 0.6 is 0 Å². The molecule has 2 heterocycles. The van der Waals surface area contributed by atoms with Gasteiger partial charge < -0.3 is 4.42 Å². The minimum absolute atomic E-state index is 0.101. The first kappa shape index (κ1) is 16.7. The van der Waals surface area contributed by atoms with Crippen LogP contribution in [0.3, 0.4) is 0 Å². The molecule has 0 aliphatic rings. The number of fused-ring (bicyclic) bond motifs is 1. The van der Waals surface area contributed by atoms with Crippen molar-refractivity contribution in [1.29, 1.82) is 0 Å². The van der Waals surface area contributed by atoms with Crippen molar-refractivity contribution in [3.8, 4) is 11.3 Å². The van der Waals surface area contributed by atoms with Gasteiger partial charge in [-0.05, 0) is 48.1 Å². The zero-order valence-electron chi connectivity index (χ0n) is 14.4. The summed E-state index contributed by atoms with van der Waals surface area (Å²) in [6.07, 6.45) is 9.79. The Bertz CT molecular complexity index is 1120. The molecule has 2 aromatic heterocycles. The fourth-order valence-electron chi connectivity index (χ4n) is 2.65. The third-order valence-electron chi connectivity index (χ3n) is 4.05. The van der Waals surface area contributed by atoms with E-state index in [1.54, 1.807) is 36.7 Å². The van der Waals surface area contributed by atoms with Crippen LogP contribution in [0, 0.1) is 0 Å². The van der Waals surface area contributed by atoms with Gasteiger partial charge in [0.1, 0.15) is 5.76 Å². The number of furan rings is 1. The predicted octanol–water partition coefficient (Wildman–Crippen LogP) is 5.19. The summed E-state index contributed by atoms with van der Waals surface area (Å²) in [4.78, 5) is 21.0. The Morgan fingerprint density at radius 1 is 0.852 bits per heavy atom. The fraction of sp³-hybridized carbons (Fsp3) is 0. The maximum atomic E-state index is 11.9. The van der Waals surface area contributed by atoms with Crippen molar-refractivity contribution in [2.24, 2.45) is 0 Å². The SMILES string of the molecule is O=C(C=Cc1ccc(-c2cnc3ccccc3n2)cc1)C=Cc1ccco1. The molecule has 0 N–H and O–H groups in total. The highest BCUT2D eigenvalue weighted by atomic mass is 16.3. The molecule has 0 aliphatic carbocycles. The number of benzene rings is 2. The van der Waals surface area contributed by atoms with Gasteiger partial charge in [0, 0.05) is 5.56 Å². The van der Waals surface area contributed by atoms with Gasteiger partial charge in [0.2, 0.25) is 0 Å². The van der Waals surface area contributed by atoms with E-state index in [0.717, 1.165) is 27.9 Å². The van der Waals surface area contributed by atoms with E-state index >= 15 is 0 Å². The summed E-state index contributed by atoms with van der Waals surface area (Å²) in [5.74, 6) is 0.550. The van der Waals surface area contributed by atoms with E-state index in [-0.39, 0.29) is 5.78 Å². The van der Waals surface area contributed by atoms with Crippen LogP contribution < -0.4 is 0 Å². The van der Waals surface area contributed by atoms with Crippen molar-refractivity contribution in [2.75, 3.05) is 0 Å². The molecular weight excluding hydrogens is 336 g/mol. The molecular formula is C23H16N2O2. The molecule has 4 heteroatoms. The minimum Gasteiger partial charge on any atom is -0.465 e. The Morgan fingerprint density at radius 3 is 2.41 bits per heavy atom. The summed E-state index contributed by atoms with van der Waals surface area (Å²) in [7, 11) is 0. The fourth-order valence-corrected chi connectivity index (χ4v) is 2.65. The molecule has 0 saturated carbocycles. The first-order chi connectivity index (χ1) is 13.3. The maximum absolute atomic E-state index is 11.9. The second kappa shape index (κ2) is 7.62. The van der Waals surface area contributed by atoms with Crippen LogP contribution in [0.5, 0.6) is 0 Å². The number of carbonyl (C=O) groups is 1. The molecule has 0 radical (unpaired) electrons. The van der Waals surface area contributed by atoms with Crippen LogP contribution in [-0.4, -0.2) is 15.8 Å². The number of carbonyl (C=O) groups excluding carboxylic acids is 1. The summed E-state index contributed by atoms with van der Waals surface area (Å²) < 4.78 is 5.15.